The fourth-order valence-electron chi connectivity index (χ4n) is 5.51. The van der Waals surface area contributed by atoms with Crippen LogP contribution in [0, 0.1) is 5.92 Å². The molecule has 0 spiro atoms. The number of anilines is 1. The second kappa shape index (κ2) is 9.78. The number of hydrogen-bond acceptors (Lipinski definition) is 3. The number of rotatable bonds is 5. The van der Waals surface area contributed by atoms with Crippen LogP contribution in [0.5, 0.6) is 5.75 Å². The number of piperidine rings is 1. The minimum absolute atomic E-state index is 0.0176. The van der Waals surface area contributed by atoms with Crippen molar-refractivity contribution in [1.82, 2.24) is 4.31 Å². The average Bonchev–Trinajstić information content (AvgIpc) is 3.00. The number of fused-ring (bicyclic) bond motifs is 2. The minimum Gasteiger partial charge on any atom is -0.406 e. The monoisotopic (exact) mass is 516 g/mol. The summed E-state index contributed by atoms with van der Waals surface area (Å²) in [4.78, 5) is 0. The molecule has 0 bridgehead atoms. The molecule has 1 fully saturated rings. The third-order valence-corrected chi connectivity index (χ3v) is 8.50. The summed E-state index contributed by atoms with van der Waals surface area (Å²) in [6.45, 7) is 0.669. The molecule has 3 aromatic carbocycles. The summed E-state index contributed by atoms with van der Waals surface area (Å²) in [5, 5.41) is 0. The Morgan fingerprint density at radius 1 is 0.889 bits per heavy atom. The van der Waals surface area contributed by atoms with E-state index in [1.54, 1.807) is 0 Å². The van der Waals surface area contributed by atoms with Crippen LogP contribution in [0.25, 0.3) is 0 Å². The minimum atomic E-state index is -4.86. The number of nitrogens with one attached hydrogen (secondary N) is 1. The number of hydrogen-bond donors (Lipinski definition) is 1. The summed E-state index contributed by atoms with van der Waals surface area (Å²) >= 11 is 0. The molecule has 36 heavy (non-hydrogen) atoms. The van der Waals surface area contributed by atoms with Gasteiger partial charge in [0.05, 0.1) is 5.69 Å². The zero-order chi connectivity index (χ0) is 25.3. The van der Waals surface area contributed by atoms with Gasteiger partial charge in [-0.15, -0.1) is 13.2 Å². The van der Waals surface area contributed by atoms with Crippen molar-refractivity contribution < 1.29 is 26.3 Å². The van der Waals surface area contributed by atoms with Crippen LogP contribution in [-0.2, 0) is 23.1 Å². The van der Waals surface area contributed by atoms with Gasteiger partial charge in [0.25, 0.3) is 0 Å². The quantitative estimate of drug-likeness (QED) is 0.461. The van der Waals surface area contributed by atoms with Gasteiger partial charge >= 0.3 is 16.6 Å². The van der Waals surface area contributed by atoms with E-state index in [-0.39, 0.29) is 17.5 Å². The third-order valence-electron chi connectivity index (χ3n) is 6.99. The lowest BCUT2D eigenvalue weighted by Crippen LogP contribution is -2.44. The second-order valence-electron chi connectivity index (χ2n) is 9.32. The third kappa shape index (κ3) is 5.37. The zero-order valence-corrected chi connectivity index (χ0v) is 20.4. The SMILES string of the molecule is O=S(=O)(Nc1cccc(OC(F)(F)F)c1)N1CCCC(C2c3ccccc3CCc3ccccc32)C1. The lowest BCUT2D eigenvalue weighted by molar-refractivity contribution is -0.274. The van der Waals surface area contributed by atoms with Crippen LogP contribution in [0.15, 0.2) is 72.8 Å². The van der Waals surface area contributed by atoms with E-state index in [2.05, 4.69) is 33.7 Å². The van der Waals surface area contributed by atoms with Crippen LogP contribution >= 0.6 is 0 Å². The molecule has 0 amide bonds. The van der Waals surface area contributed by atoms with Gasteiger partial charge in [-0.3, -0.25) is 4.72 Å². The van der Waals surface area contributed by atoms with Gasteiger partial charge in [-0.25, -0.2) is 0 Å². The molecule has 190 valence electrons. The summed E-state index contributed by atoms with van der Waals surface area (Å²) in [6, 6.07) is 21.7. The smallest absolute Gasteiger partial charge is 0.406 e. The van der Waals surface area contributed by atoms with Gasteiger partial charge < -0.3 is 4.74 Å². The fraction of sp³-hybridized carbons (Fsp3) is 0.333. The molecule has 1 aliphatic heterocycles. The molecule has 0 radical (unpaired) electrons. The first-order valence-corrected chi connectivity index (χ1v) is 13.4. The molecule has 9 heteroatoms. The van der Waals surface area contributed by atoms with Crippen LogP contribution in [0.3, 0.4) is 0 Å². The Balaban J connectivity index is 1.41. The predicted molar refractivity (Wildman–Crippen MR) is 132 cm³/mol. The summed E-state index contributed by atoms with van der Waals surface area (Å²) in [6.07, 6.45) is -1.40. The van der Waals surface area contributed by atoms with Crippen molar-refractivity contribution in [2.45, 2.75) is 38.0 Å². The molecular weight excluding hydrogens is 489 g/mol. The molecule has 0 saturated carbocycles. The van der Waals surface area contributed by atoms with Crippen molar-refractivity contribution in [3.8, 4) is 5.75 Å². The highest BCUT2D eigenvalue weighted by Gasteiger charge is 2.37. The van der Waals surface area contributed by atoms with Gasteiger partial charge in [0.1, 0.15) is 5.75 Å². The highest BCUT2D eigenvalue weighted by atomic mass is 32.2. The van der Waals surface area contributed by atoms with Crippen LogP contribution in [0.1, 0.15) is 41.0 Å². The van der Waals surface area contributed by atoms with Gasteiger partial charge in [0.15, 0.2) is 0 Å². The number of alkyl halides is 3. The highest BCUT2D eigenvalue weighted by Crippen LogP contribution is 2.42. The van der Waals surface area contributed by atoms with Crippen LogP contribution in [-0.4, -0.2) is 32.2 Å². The van der Waals surface area contributed by atoms with Crippen LogP contribution < -0.4 is 9.46 Å². The molecule has 1 unspecified atom stereocenters. The first-order chi connectivity index (χ1) is 17.2. The molecule has 0 aromatic heterocycles. The molecule has 5 nitrogen and oxygen atoms in total. The maximum absolute atomic E-state index is 13.3. The molecule has 5 rings (SSSR count). The maximum Gasteiger partial charge on any atom is 0.573 e. The lowest BCUT2D eigenvalue weighted by atomic mass is 9.76. The first-order valence-electron chi connectivity index (χ1n) is 12.0. The van der Waals surface area contributed by atoms with Crippen molar-refractivity contribution >= 4 is 15.9 Å². The van der Waals surface area contributed by atoms with E-state index in [0.29, 0.717) is 19.5 Å². The Labute approximate surface area is 209 Å². The molecule has 1 N–H and O–H groups in total. The average molecular weight is 517 g/mol. The number of halogens is 3. The molecule has 1 heterocycles. The number of nitrogens with zero attached hydrogens (tertiary/aromatic N) is 1. The van der Waals surface area contributed by atoms with Crippen molar-refractivity contribution in [3.63, 3.8) is 0 Å². The molecule has 1 aliphatic carbocycles. The van der Waals surface area contributed by atoms with E-state index in [4.69, 9.17) is 0 Å². The normalized spacial score (nSPS) is 19.1. The van der Waals surface area contributed by atoms with Crippen molar-refractivity contribution in [2.75, 3.05) is 17.8 Å². The maximum atomic E-state index is 13.3. The molecular formula is C27H27F3N2O3S. The van der Waals surface area contributed by atoms with Gasteiger partial charge in [-0.05, 0) is 66.0 Å². The van der Waals surface area contributed by atoms with Gasteiger partial charge in [0.2, 0.25) is 0 Å². The van der Waals surface area contributed by atoms with E-state index in [1.165, 1.54) is 38.7 Å². The van der Waals surface area contributed by atoms with Crippen molar-refractivity contribution in [3.05, 3.63) is 95.1 Å². The number of benzene rings is 3. The Hall–Kier alpha value is -3.04. The zero-order valence-electron chi connectivity index (χ0n) is 19.5. The Morgan fingerprint density at radius 3 is 2.17 bits per heavy atom. The van der Waals surface area contributed by atoms with E-state index < -0.39 is 22.3 Å². The van der Waals surface area contributed by atoms with E-state index in [1.807, 2.05) is 24.3 Å². The summed E-state index contributed by atoms with van der Waals surface area (Å²) in [5.74, 6) is -0.345. The van der Waals surface area contributed by atoms with Gasteiger partial charge in [-0.1, -0.05) is 54.6 Å². The lowest BCUT2D eigenvalue weighted by Gasteiger charge is -2.37. The van der Waals surface area contributed by atoms with Crippen LogP contribution in [0.2, 0.25) is 0 Å². The fourth-order valence-corrected chi connectivity index (χ4v) is 6.82. The van der Waals surface area contributed by atoms with Crippen LogP contribution in [0.4, 0.5) is 18.9 Å². The molecule has 2 aliphatic rings. The van der Waals surface area contributed by atoms with Gasteiger partial charge in [0, 0.05) is 25.1 Å². The van der Waals surface area contributed by atoms with E-state index >= 15 is 0 Å². The Morgan fingerprint density at radius 2 is 1.53 bits per heavy atom. The second-order valence-corrected chi connectivity index (χ2v) is 11.0. The molecule has 1 saturated heterocycles. The van der Waals surface area contributed by atoms with Gasteiger partial charge in [-0.2, -0.15) is 12.7 Å². The standard InChI is InChI=1S/C27H27F3N2O3S/c28-27(29,30)35-23-11-5-10-22(17-23)31-36(33,34)32-16-6-9-21(18-32)26-24-12-3-1-7-19(24)14-15-20-8-2-4-13-25(20)26/h1-5,7-8,10-13,17,21,26,31H,6,9,14-16,18H2. The number of aryl methyl sites for hydroxylation is 2. The summed E-state index contributed by atoms with van der Waals surface area (Å²) in [5.41, 5.74) is 5.09. The summed E-state index contributed by atoms with van der Waals surface area (Å²) < 4.78 is 72.1. The van der Waals surface area contributed by atoms with Crippen molar-refractivity contribution in [1.29, 1.82) is 0 Å². The highest BCUT2D eigenvalue weighted by molar-refractivity contribution is 7.90. The molecule has 3 aromatic rings. The topological polar surface area (TPSA) is 58.6 Å². The van der Waals surface area contributed by atoms with E-state index in [9.17, 15) is 21.6 Å². The Kier molecular flexibility index (Phi) is 6.70. The number of ether oxygens (including phenoxy) is 1. The largest absolute Gasteiger partial charge is 0.573 e. The van der Waals surface area contributed by atoms with Crippen molar-refractivity contribution in [2.24, 2.45) is 5.92 Å². The first kappa shape index (κ1) is 24.6. The summed E-state index contributed by atoms with van der Waals surface area (Å²) in [7, 11) is -3.99. The Bertz CT molecular complexity index is 1300. The van der Waals surface area contributed by atoms with E-state index in [0.717, 1.165) is 31.4 Å². The predicted octanol–water partition coefficient (Wildman–Crippen LogP) is 5.88. The molecule has 1 atom stereocenters.